The zero-order valence-corrected chi connectivity index (χ0v) is 17.6. The molecule has 0 aliphatic heterocycles. The first-order valence-corrected chi connectivity index (χ1v) is 9.66. The molecule has 0 atom stereocenters. The summed E-state index contributed by atoms with van der Waals surface area (Å²) in [5, 5.41) is 5.03. The lowest BCUT2D eigenvalue weighted by Crippen LogP contribution is -2.17. The number of benzene rings is 3. The molecule has 3 aromatic rings. The smallest absolute Gasteiger partial charge is 0.271 e. The standard InChI is InChI=1S/C22H19Cl2N3O3/c1-29-21-11-14(12-26-27-22(28)15-6-8-16(25)9-7-15)5-10-20(21)30-13-17-18(23)3-2-4-19(17)24/h2-12H,13,25H2,1H3,(H,27,28)/b26-12-. The highest BCUT2D eigenvalue weighted by molar-refractivity contribution is 6.35. The molecule has 0 radical (unpaired) electrons. The third-order valence-electron chi connectivity index (χ3n) is 4.17. The zero-order chi connectivity index (χ0) is 21.5. The Bertz CT molecular complexity index is 1050. The average molecular weight is 444 g/mol. The number of hydrogen-bond acceptors (Lipinski definition) is 5. The van der Waals surface area contributed by atoms with Crippen molar-refractivity contribution in [2.75, 3.05) is 12.8 Å². The maximum atomic E-state index is 12.1. The number of nitrogen functional groups attached to an aromatic ring is 1. The normalized spacial score (nSPS) is 10.8. The summed E-state index contributed by atoms with van der Waals surface area (Å²) in [4.78, 5) is 12.1. The summed E-state index contributed by atoms with van der Waals surface area (Å²) in [5.74, 6) is 0.693. The van der Waals surface area contributed by atoms with Crippen molar-refractivity contribution in [2.24, 2.45) is 5.10 Å². The lowest BCUT2D eigenvalue weighted by atomic mass is 10.2. The van der Waals surface area contributed by atoms with Gasteiger partial charge >= 0.3 is 0 Å². The van der Waals surface area contributed by atoms with Gasteiger partial charge in [0.05, 0.1) is 13.3 Å². The second-order valence-electron chi connectivity index (χ2n) is 6.22. The van der Waals surface area contributed by atoms with Crippen LogP contribution in [-0.4, -0.2) is 19.2 Å². The van der Waals surface area contributed by atoms with E-state index in [2.05, 4.69) is 10.5 Å². The SMILES string of the molecule is COc1cc(/C=N\NC(=O)c2ccc(N)cc2)ccc1OCc1c(Cl)cccc1Cl. The molecule has 8 heteroatoms. The Morgan fingerprint density at radius 2 is 1.77 bits per heavy atom. The van der Waals surface area contributed by atoms with Crippen LogP contribution in [0.4, 0.5) is 5.69 Å². The number of nitrogens with zero attached hydrogens (tertiary/aromatic N) is 1. The summed E-state index contributed by atoms with van der Waals surface area (Å²) in [7, 11) is 1.54. The molecule has 0 fully saturated rings. The van der Waals surface area contributed by atoms with Crippen LogP contribution in [0.15, 0.2) is 65.8 Å². The summed E-state index contributed by atoms with van der Waals surface area (Å²) in [6.07, 6.45) is 1.51. The Morgan fingerprint density at radius 1 is 1.07 bits per heavy atom. The number of rotatable bonds is 7. The number of anilines is 1. The summed E-state index contributed by atoms with van der Waals surface area (Å²) >= 11 is 12.4. The van der Waals surface area contributed by atoms with Crippen molar-refractivity contribution in [1.29, 1.82) is 0 Å². The quantitative estimate of drug-likeness (QED) is 0.308. The van der Waals surface area contributed by atoms with Gasteiger partial charge in [0.2, 0.25) is 0 Å². The molecule has 0 heterocycles. The van der Waals surface area contributed by atoms with Crippen LogP contribution in [0.1, 0.15) is 21.5 Å². The number of carbonyl (C=O) groups excluding carboxylic acids is 1. The van der Waals surface area contributed by atoms with Gasteiger partial charge in [-0.15, -0.1) is 0 Å². The molecule has 3 aromatic carbocycles. The summed E-state index contributed by atoms with van der Waals surface area (Å²) in [6.45, 7) is 0.194. The van der Waals surface area contributed by atoms with Crippen LogP contribution in [0.5, 0.6) is 11.5 Å². The Labute approximate surface area is 184 Å². The average Bonchev–Trinajstić information content (AvgIpc) is 2.74. The van der Waals surface area contributed by atoms with Gasteiger partial charge in [-0.2, -0.15) is 5.10 Å². The van der Waals surface area contributed by atoms with Crippen LogP contribution in [-0.2, 0) is 6.61 Å². The van der Waals surface area contributed by atoms with Crippen LogP contribution in [0, 0.1) is 0 Å². The number of hydrogen-bond donors (Lipinski definition) is 2. The van der Waals surface area contributed by atoms with Gasteiger partial charge in [0.1, 0.15) is 6.61 Å². The molecule has 0 spiro atoms. The maximum Gasteiger partial charge on any atom is 0.271 e. The number of halogens is 2. The predicted octanol–water partition coefficient (Wildman–Crippen LogP) is 4.93. The van der Waals surface area contributed by atoms with Gasteiger partial charge in [-0.3, -0.25) is 4.79 Å². The summed E-state index contributed by atoms with van der Waals surface area (Å²) in [6, 6.07) is 17.1. The van der Waals surface area contributed by atoms with E-state index in [4.69, 9.17) is 38.4 Å². The van der Waals surface area contributed by atoms with Crippen LogP contribution in [0.2, 0.25) is 10.0 Å². The Balaban J connectivity index is 1.65. The van der Waals surface area contributed by atoms with E-state index in [1.54, 1.807) is 60.7 Å². The first-order chi connectivity index (χ1) is 14.5. The summed E-state index contributed by atoms with van der Waals surface area (Å²) in [5.41, 5.74) is 10.5. The van der Waals surface area contributed by atoms with Gasteiger partial charge < -0.3 is 15.2 Å². The molecule has 0 aromatic heterocycles. The number of hydrazone groups is 1. The van der Waals surface area contributed by atoms with E-state index >= 15 is 0 Å². The number of ether oxygens (including phenoxy) is 2. The predicted molar refractivity (Wildman–Crippen MR) is 120 cm³/mol. The lowest BCUT2D eigenvalue weighted by molar-refractivity contribution is 0.0955. The molecule has 0 saturated carbocycles. The second kappa shape index (κ2) is 10.0. The van der Waals surface area contributed by atoms with E-state index in [1.165, 1.54) is 13.3 Å². The van der Waals surface area contributed by atoms with E-state index in [0.29, 0.717) is 43.9 Å². The van der Waals surface area contributed by atoms with Gasteiger partial charge in [-0.25, -0.2) is 5.43 Å². The number of amides is 1. The van der Waals surface area contributed by atoms with Gasteiger partial charge in [0.15, 0.2) is 11.5 Å². The largest absolute Gasteiger partial charge is 0.493 e. The van der Waals surface area contributed by atoms with Crippen molar-refractivity contribution >= 4 is 41.0 Å². The van der Waals surface area contributed by atoms with Crippen molar-refractivity contribution < 1.29 is 14.3 Å². The van der Waals surface area contributed by atoms with E-state index in [1.807, 2.05) is 0 Å². The molecule has 3 rings (SSSR count). The van der Waals surface area contributed by atoms with Crippen LogP contribution in [0.3, 0.4) is 0 Å². The molecule has 154 valence electrons. The van der Waals surface area contributed by atoms with Gasteiger partial charge in [0, 0.05) is 26.9 Å². The Morgan fingerprint density at radius 3 is 2.43 bits per heavy atom. The van der Waals surface area contributed by atoms with Crippen LogP contribution < -0.4 is 20.6 Å². The lowest BCUT2D eigenvalue weighted by Gasteiger charge is -2.13. The minimum atomic E-state index is -0.338. The molecular formula is C22H19Cl2N3O3. The van der Waals surface area contributed by atoms with Crippen molar-refractivity contribution in [1.82, 2.24) is 5.43 Å². The third kappa shape index (κ3) is 5.43. The number of nitrogens with two attached hydrogens (primary N) is 1. The topological polar surface area (TPSA) is 85.9 Å². The van der Waals surface area contributed by atoms with Gasteiger partial charge in [-0.1, -0.05) is 29.3 Å². The molecule has 6 nitrogen and oxygen atoms in total. The highest BCUT2D eigenvalue weighted by Gasteiger charge is 2.10. The van der Waals surface area contributed by atoms with Crippen molar-refractivity contribution in [3.05, 3.63) is 87.4 Å². The molecule has 0 aliphatic carbocycles. The minimum Gasteiger partial charge on any atom is -0.493 e. The molecule has 1 amide bonds. The number of nitrogens with one attached hydrogen (secondary N) is 1. The minimum absolute atomic E-state index is 0.194. The molecular weight excluding hydrogens is 425 g/mol. The van der Waals surface area contributed by atoms with Gasteiger partial charge in [0.25, 0.3) is 5.91 Å². The number of methoxy groups -OCH3 is 1. The van der Waals surface area contributed by atoms with E-state index in [-0.39, 0.29) is 12.5 Å². The van der Waals surface area contributed by atoms with Crippen molar-refractivity contribution in [3.63, 3.8) is 0 Å². The van der Waals surface area contributed by atoms with E-state index in [0.717, 1.165) is 0 Å². The van der Waals surface area contributed by atoms with Crippen LogP contribution >= 0.6 is 23.2 Å². The Kier molecular flexibility index (Phi) is 7.17. The fourth-order valence-electron chi connectivity index (χ4n) is 2.57. The van der Waals surface area contributed by atoms with Crippen LogP contribution in [0.25, 0.3) is 0 Å². The van der Waals surface area contributed by atoms with E-state index < -0.39 is 0 Å². The number of carbonyl (C=O) groups is 1. The first kappa shape index (κ1) is 21.5. The van der Waals surface area contributed by atoms with E-state index in [9.17, 15) is 4.79 Å². The van der Waals surface area contributed by atoms with Gasteiger partial charge in [-0.05, 0) is 60.2 Å². The highest BCUT2D eigenvalue weighted by Crippen LogP contribution is 2.31. The zero-order valence-electron chi connectivity index (χ0n) is 16.1. The molecule has 3 N–H and O–H groups in total. The molecule has 0 bridgehead atoms. The van der Waals surface area contributed by atoms with Crippen molar-refractivity contribution in [3.8, 4) is 11.5 Å². The second-order valence-corrected chi connectivity index (χ2v) is 7.03. The summed E-state index contributed by atoms with van der Waals surface area (Å²) < 4.78 is 11.2. The highest BCUT2D eigenvalue weighted by atomic mass is 35.5. The monoisotopic (exact) mass is 443 g/mol. The maximum absolute atomic E-state index is 12.1. The van der Waals surface area contributed by atoms with Crippen molar-refractivity contribution in [2.45, 2.75) is 6.61 Å². The molecule has 0 saturated heterocycles. The first-order valence-electron chi connectivity index (χ1n) is 8.90. The fraction of sp³-hybridized carbons (Fsp3) is 0.0909. The fourth-order valence-corrected chi connectivity index (χ4v) is 3.07. The Hall–Kier alpha value is -3.22. The molecule has 30 heavy (non-hydrogen) atoms. The molecule has 0 aliphatic rings. The third-order valence-corrected chi connectivity index (χ3v) is 4.88. The molecule has 0 unspecified atom stereocenters.